The van der Waals surface area contributed by atoms with E-state index in [2.05, 4.69) is 107 Å². The first-order valence-corrected chi connectivity index (χ1v) is 12.3. The van der Waals surface area contributed by atoms with E-state index in [1.807, 2.05) is 30.5 Å². The van der Waals surface area contributed by atoms with E-state index in [-0.39, 0.29) is 6.04 Å². The number of allylic oxidation sites excluding steroid dienone is 2. The number of nitriles is 1. The highest BCUT2D eigenvalue weighted by Gasteiger charge is 2.18. The molecule has 6 aromatic rings. The van der Waals surface area contributed by atoms with E-state index in [0.717, 1.165) is 33.7 Å². The SMILES string of the molecule is N#CC1C=C(c2cccc(-c3cc4c(c5ccccc35)c3ccccc3n4-c3ccccc3)n2)C=CN1. The molecule has 1 aliphatic heterocycles. The zero-order valence-electron chi connectivity index (χ0n) is 20.0. The van der Waals surface area contributed by atoms with E-state index in [0.29, 0.717) is 0 Å². The fourth-order valence-electron chi connectivity index (χ4n) is 5.41. The lowest BCUT2D eigenvalue weighted by Gasteiger charge is -2.14. The fourth-order valence-corrected chi connectivity index (χ4v) is 5.41. The van der Waals surface area contributed by atoms with Crippen LogP contribution in [0.4, 0.5) is 0 Å². The van der Waals surface area contributed by atoms with Gasteiger partial charge < -0.3 is 9.88 Å². The van der Waals surface area contributed by atoms with E-state index < -0.39 is 0 Å². The molecule has 0 saturated heterocycles. The van der Waals surface area contributed by atoms with Crippen LogP contribution in [0.5, 0.6) is 0 Å². The van der Waals surface area contributed by atoms with Crippen LogP contribution in [0, 0.1) is 11.3 Å². The third-order valence-corrected chi connectivity index (χ3v) is 7.04. The molecule has 0 radical (unpaired) electrons. The van der Waals surface area contributed by atoms with Crippen LogP contribution < -0.4 is 5.32 Å². The fraction of sp³-hybridized carbons (Fsp3) is 0.0303. The molecule has 0 saturated carbocycles. The summed E-state index contributed by atoms with van der Waals surface area (Å²) in [6.07, 6.45) is 5.70. The lowest BCUT2D eigenvalue weighted by molar-refractivity contribution is 0.843. The monoisotopic (exact) mass is 474 g/mol. The Hall–Kier alpha value is -5.14. The van der Waals surface area contributed by atoms with Crippen molar-refractivity contribution in [1.82, 2.24) is 14.9 Å². The smallest absolute Gasteiger partial charge is 0.133 e. The van der Waals surface area contributed by atoms with Gasteiger partial charge in [-0.25, -0.2) is 4.98 Å². The Kier molecular flexibility index (Phi) is 4.87. The summed E-state index contributed by atoms with van der Waals surface area (Å²) < 4.78 is 2.35. The summed E-state index contributed by atoms with van der Waals surface area (Å²) in [6, 6.07) is 38.0. The number of para-hydroxylation sites is 2. The van der Waals surface area contributed by atoms with Gasteiger partial charge in [0, 0.05) is 27.6 Å². The molecule has 174 valence electrons. The van der Waals surface area contributed by atoms with Gasteiger partial charge >= 0.3 is 0 Å². The molecular weight excluding hydrogens is 452 g/mol. The van der Waals surface area contributed by atoms with Gasteiger partial charge in [0.25, 0.3) is 0 Å². The molecule has 4 aromatic carbocycles. The van der Waals surface area contributed by atoms with Gasteiger partial charge in [-0.2, -0.15) is 5.26 Å². The van der Waals surface area contributed by atoms with Gasteiger partial charge in [0.05, 0.1) is 28.5 Å². The molecule has 0 bridgehead atoms. The van der Waals surface area contributed by atoms with E-state index in [9.17, 15) is 5.26 Å². The number of hydrogen-bond acceptors (Lipinski definition) is 3. The van der Waals surface area contributed by atoms with Gasteiger partial charge in [-0.3, -0.25) is 0 Å². The van der Waals surface area contributed by atoms with E-state index in [1.165, 1.54) is 27.1 Å². The first-order valence-electron chi connectivity index (χ1n) is 12.3. The van der Waals surface area contributed by atoms with Gasteiger partial charge in [0.2, 0.25) is 0 Å². The molecule has 0 aliphatic carbocycles. The second-order valence-corrected chi connectivity index (χ2v) is 9.19. The average Bonchev–Trinajstić information content (AvgIpc) is 3.32. The molecule has 37 heavy (non-hydrogen) atoms. The number of fused-ring (bicyclic) bond motifs is 5. The number of benzene rings is 4. The Morgan fingerprint density at radius 1 is 0.730 bits per heavy atom. The van der Waals surface area contributed by atoms with Crippen molar-refractivity contribution in [1.29, 1.82) is 5.26 Å². The van der Waals surface area contributed by atoms with Crippen molar-refractivity contribution in [3.8, 4) is 23.0 Å². The van der Waals surface area contributed by atoms with Gasteiger partial charge in [0.15, 0.2) is 0 Å². The molecule has 3 heterocycles. The number of rotatable bonds is 3. The number of hydrogen-bond donors (Lipinski definition) is 1. The lowest BCUT2D eigenvalue weighted by atomic mass is 9.96. The Morgan fingerprint density at radius 2 is 1.46 bits per heavy atom. The van der Waals surface area contributed by atoms with E-state index in [1.54, 1.807) is 0 Å². The topological polar surface area (TPSA) is 53.6 Å². The van der Waals surface area contributed by atoms with E-state index >= 15 is 0 Å². The summed E-state index contributed by atoms with van der Waals surface area (Å²) >= 11 is 0. The highest BCUT2D eigenvalue weighted by Crippen LogP contribution is 2.41. The first kappa shape index (κ1) is 21.2. The summed E-state index contributed by atoms with van der Waals surface area (Å²) in [5, 5.41) is 17.3. The van der Waals surface area contributed by atoms with Crippen molar-refractivity contribution >= 4 is 38.2 Å². The predicted molar refractivity (Wildman–Crippen MR) is 151 cm³/mol. The van der Waals surface area contributed by atoms with Crippen molar-refractivity contribution in [2.45, 2.75) is 6.04 Å². The Morgan fingerprint density at radius 3 is 2.30 bits per heavy atom. The van der Waals surface area contributed by atoms with E-state index in [4.69, 9.17) is 4.98 Å². The average molecular weight is 475 g/mol. The molecular formula is C33H22N4. The molecule has 1 unspecified atom stereocenters. The molecule has 0 amide bonds. The number of nitrogens with one attached hydrogen (secondary N) is 1. The summed E-state index contributed by atoms with van der Waals surface area (Å²) in [5.74, 6) is 0. The van der Waals surface area contributed by atoms with Crippen molar-refractivity contribution in [3.63, 3.8) is 0 Å². The lowest BCUT2D eigenvalue weighted by Crippen LogP contribution is -2.22. The van der Waals surface area contributed by atoms with Crippen LogP contribution >= 0.6 is 0 Å². The second-order valence-electron chi connectivity index (χ2n) is 9.19. The highest BCUT2D eigenvalue weighted by molar-refractivity contribution is 6.24. The number of aromatic nitrogens is 2. The highest BCUT2D eigenvalue weighted by atomic mass is 15.0. The molecule has 7 rings (SSSR count). The third-order valence-electron chi connectivity index (χ3n) is 7.04. The minimum Gasteiger partial charge on any atom is -0.373 e. The molecule has 0 fully saturated rings. The maximum atomic E-state index is 9.37. The van der Waals surface area contributed by atoms with Crippen LogP contribution in [0.15, 0.2) is 121 Å². The van der Waals surface area contributed by atoms with Crippen LogP contribution in [0.25, 0.3) is 55.1 Å². The first-order chi connectivity index (χ1) is 18.3. The van der Waals surface area contributed by atoms with Crippen molar-refractivity contribution in [2.24, 2.45) is 0 Å². The van der Waals surface area contributed by atoms with Gasteiger partial charge in [-0.15, -0.1) is 0 Å². The summed E-state index contributed by atoms with van der Waals surface area (Å²) in [5.41, 5.74) is 7.24. The van der Waals surface area contributed by atoms with Crippen LogP contribution in [-0.4, -0.2) is 15.6 Å². The maximum absolute atomic E-state index is 9.37. The maximum Gasteiger partial charge on any atom is 0.133 e. The molecule has 2 aromatic heterocycles. The zero-order valence-corrected chi connectivity index (χ0v) is 20.0. The molecule has 0 spiro atoms. The van der Waals surface area contributed by atoms with Gasteiger partial charge in [-0.1, -0.05) is 66.7 Å². The zero-order chi connectivity index (χ0) is 24.8. The van der Waals surface area contributed by atoms with Gasteiger partial charge in [0.1, 0.15) is 6.04 Å². The van der Waals surface area contributed by atoms with Crippen molar-refractivity contribution < 1.29 is 0 Å². The van der Waals surface area contributed by atoms with Crippen LogP contribution in [0.2, 0.25) is 0 Å². The number of dihydropyridines is 1. The van der Waals surface area contributed by atoms with Gasteiger partial charge in [-0.05, 0) is 65.5 Å². The third kappa shape index (κ3) is 3.41. The molecule has 4 heteroatoms. The Balaban J connectivity index is 1.54. The second kappa shape index (κ2) is 8.51. The summed E-state index contributed by atoms with van der Waals surface area (Å²) in [7, 11) is 0. The standard InChI is InChI=1S/C33H22N4/c34-21-23-19-22(17-18-35-23)29-14-8-15-30(36-29)28-20-32-33(26-12-5-4-11-25(26)28)27-13-6-7-16-31(27)37(32)24-9-2-1-3-10-24/h1-20,23,35H. The molecule has 4 nitrogen and oxygen atoms in total. The summed E-state index contributed by atoms with van der Waals surface area (Å²) in [4.78, 5) is 5.08. The minimum absolute atomic E-state index is 0.357. The van der Waals surface area contributed by atoms with Crippen LogP contribution in [-0.2, 0) is 0 Å². The summed E-state index contributed by atoms with van der Waals surface area (Å²) in [6.45, 7) is 0. The molecule has 1 aliphatic rings. The van der Waals surface area contributed by atoms with Crippen molar-refractivity contribution in [3.05, 3.63) is 127 Å². The van der Waals surface area contributed by atoms with Crippen molar-refractivity contribution in [2.75, 3.05) is 0 Å². The van der Waals surface area contributed by atoms with Crippen LogP contribution in [0.3, 0.4) is 0 Å². The number of nitrogens with zero attached hydrogens (tertiary/aromatic N) is 3. The predicted octanol–water partition coefficient (Wildman–Crippen LogP) is 7.39. The number of pyridine rings is 1. The Labute approximate surface area is 214 Å². The Bertz CT molecular complexity index is 1920. The minimum atomic E-state index is -0.357. The molecule has 1 N–H and O–H groups in total. The quantitative estimate of drug-likeness (QED) is 0.291. The normalized spacial score (nSPS) is 15.0. The van der Waals surface area contributed by atoms with Crippen LogP contribution in [0.1, 0.15) is 5.69 Å². The largest absolute Gasteiger partial charge is 0.373 e. The molecule has 1 atom stereocenters.